The number of aryl methyl sites for hydroxylation is 1. The van der Waals surface area contributed by atoms with Gasteiger partial charge in [0.15, 0.2) is 4.90 Å². The third-order valence-corrected chi connectivity index (χ3v) is 2.18. The molecule has 1 heterocycles. The van der Waals surface area contributed by atoms with Gasteiger partial charge < -0.3 is 0 Å². The summed E-state index contributed by atoms with van der Waals surface area (Å²) in [5, 5.41) is 0. The second-order valence-electron chi connectivity index (χ2n) is 2.28. The van der Waals surface area contributed by atoms with Crippen molar-refractivity contribution in [3.8, 4) is 0 Å². The summed E-state index contributed by atoms with van der Waals surface area (Å²) >= 11 is 1.56. The Morgan fingerprint density at radius 3 is 3.30 bits per heavy atom. The van der Waals surface area contributed by atoms with E-state index in [1.807, 2.05) is 0 Å². The Labute approximate surface area is 64.2 Å². The molecule has 0 atom stereocenters. The first-order valence-electron chi connectivity index (χ1n) is 3.09. The van der Waals surface area contributed by atoms with E-state index < -0.39 is 0 Å². The van der Waals surface area contributed by atoms with Gasteiger partial charge in [0.1, 0.15) is 11.8 Å². The van der Waals surface area contributed by atoms with Crippen LogP contribution >= 0.6 is 11.8 Å². The van der Waals surface area contributed by atoms with E-state index >= 15 is 0 Å². The van der Waals surface area contributed by atoms with Gasteiger partial charge in [-0.1, -0.05) is 6.07 Å². The van der Waals surface area contributed by atoms with Crippen LogP contribution in [0.1, 0.15) is 5.56 Å². The summed E-state index contributed by atoms with van der Waals surface area (Å²) < 4.78 is 0. The number of thioether (sulfide) groups is 1. The molecule has 0 saturated heterocycles. The van der Waals surface area contributed by atoms with Crippen LogP contribution in [0.5, 0.6) is 0 Å². The normalized spacial score (nSPS) is 12.9. The highest BCUT2D eigenvalue weighted by Gasteiger charge is 2.18. The molecule has 1 aliphatic rings. The molecule has 0 unspecified atom stereocenters. The molecule has 0 aliphatic carbocycles. The average molecular weight is 148 g/mol. The van der Waals surface area contributed by atoms with Crippen molar-refractivity contribution in [1.82, 2.24) is 0 Å². The van der Waals surface area contributed by atoms with E-state index in [1.165, 1.54) is 10.5 Å². The van der Waals surface area contributed by atoms with Crippen LogP contribution in [0, 0.1) is 6.92 Å². The molecule has 1 nitrogen and oxygen atoms in total. The Morgan fingerprint density at radius 1 is 1.50 bits per heavy atom. The number of rotatable bonds is 0. The monoisotopic (exact) mass is 148 g/mol. The highest BCUT2D eigenvalue weighted by atomic mass is 32.2. The summed E-state index contributed by atoms with van der Waals surface area (Å²) in [6.45, 7) is 2.07. The van der Waals surface area contributed by atoms with E-state index in [4.69, 9.17) is 0 Å². The minimum Gasteiger partial charge on any atom is -0.0543 e. The lowest BCUT2D eigenvalue weighted by molar-refractivity contribution is 1.35. The largest absolute Gasteiger partial charge is 0.272 e. The van der Waals surface area contributed by atoms with Gasteiger partial charge in [-0.05, 0) is 18.6 Å². The summed E-state index contributed by atoms with van der Waals surface area (Å²) in [4.78, 5) is 5.29. The van der Waals surface area contributed by atoms with Gasteiger partial charge in [-0.15, -0.1) is 0 Å². The van der Waals surface area contributed by atoms with Crippen LogP contribution in [-0.4, -0.2) is 5.55 Å². The van der Waals surface area contributed by atoms with Gasteiger partial charge in [-0.3, -0.25) is 0 Å². The molecule has 10 heavy (non-hydrogen) atoms. The zero-order valence-electron chi connectivity index (χ0n) is 5.59. The third-order valence-electron chi connectivity index (χ3n) is 1.44. The number of fused-ring (bicyclic) bond motifs is 1. The number of aliphatic imine (C=N–C) groups is 1. The van der Waals surface area contributed by atoms with Gasteiger partial charge in [-0.2, -0.15) is 0 Å². The number of hydrogen-bond donors (Lipinski definition) is 0. The molecule has 1 aromatic rings. The standard InChI is InChI=1S/C8H6NS/c1-6-2-3-8-7(4-6)9-5-10-8/h2-4H,1H3/q+1. The number of nitrogens with zero attached hydrogens (tertiary/aromatic N) is 1. The first-order valence-corrected chi connectivity index (χ1v) is 3.91. The molecule has 0 bridgehead atoms. The topological polar surface area (TPSA) is 12.4 Å². The van der Waals surface area contributed by atoms with Crippen LogP contribution in [0.15, 0.2) is 28.1 Å². The molecular weight excluding hydrogens is 142 g/mol. The highest BCUT2D eigenvalue weighted by molar-refractivity contribution is 8.12. The van der Waals surface area contributed by atoms with Crippen LogP contribution in [-0.2, 0) is 0 Å². The molecule has 2 rings (SSSR count). The SMILES string of the molecule is Cc1ccc2c(c1)N=[C+]S2. The van der Waals surface area contributed by atoms with E-state index in [0.29, 0.717) is 0 Å². The molecular formula is C8H6NS+. The second-order valence-corrected chi connectivity index (χ2v) is 3.10. The van der Waals surface area contributed by atoms with Gasteiger partial charge >= 0.3 is 0 Å². The lowest BCUT2D eigenvalue weighted by atomic mass is 10.2. The van der Waals surface area contributed by atoms with E-state index in [-0.39, 0.29) is 0 Å². The smallest absolute Gasteiger partial charge is 0.0543 e. The van der Waals surface area contributed by atoms with E-state index in [9.17, 15) is 0 Å². The van der Waals surface area contributed by atoms with E-state index in [2.05, 4.69) is 35.7 Å². The van der Waals surface area contributed by atoms with Crippen molar-refractivity contribution >= 4 is 23.0 Å². The molecule has 0 saturated carbocycles. The first kappa shape index (κ1) is 5.90. The van der Waals surface area contributed by atoms with Crippen molar-refractivity contribution in [1.29, 1.82) is 0 Å². The maximum absolute atomic E-state index is 4.07. The predicted octanol–water partition coefficient (Wildman–Crippen LogP) is 2.64. The van der Waals surface area contributed by atoms with Crippen LogP contribution in [0.25, 0.3) is 0 Å². The molecule has 2 heteroatoms. The Bertz CT molecular complexity index is 291. The third kappa shape index (κ3) is 0.821. The van der Waals surface area contributed by atoms with E-state index in [0.717, 1.165) is 5.69 Å². The summed E-state index contributed by atoms with van der Waals surface area (Å²) in [6, 6.07) is 6.25. The molecule has 0 radical (unpaired) electrons. The van der Waals surface area contributed by atoms with Gasteiger partial charge in [-0.25, -0.2) is 0 Å². The molecule has 1 aliphatic heterocycles. The molecule has 0 amide bonds. The summed E-state index contributed by atoms with van der Waals surface area (Å²) in [5.41, 5.74) is 5.17. The van der Waals surface area contributed by atoms with Crippen LogP contribution in [0.2, 0.25) is 0 Å². The van der Waals surface area contributed by atoms with Crippen LogP contribution < -0.4 is 0 Å². The quantitative estimate of drug-likeness (QED) is 0.515. The fourth-order valence-electron chi connectivity index (χ4n) is 0.922. The maximum Gasteiger partial charge on any atom is 0.272 e. The Kier molecular flexibility index (Phi) is 1.23. The molecule has 0 fully saturated rings. The first-order chi connectivity index (χ1) is 4.86. The summed E-state index contributed by atoms with van der Waals surface area (Å²) in [7, 11) is 0. The minimum absolute atomic E-state index is 1.06. The molecule has 0 spiro atoms. The molecule has 0 aromatic heterocycles. The number of hydrogen-bond acceptors (Lipinski definition) is 2. The zero-order valence-corrected chi connectivity index (χ0v) is 6.40. The summed E-state index contributed by atoms with van der Waals surface area (Å²) in [6.07, 6.45) is 0. The van der Waals surface area contributed by atoms with Crippen molar-refractivity contribution in [2.75, 3.05) is 0 Å². The Morgan fingerprint density at radius 2 is 2.40 bits per heavy atom. The lowest BCUT2D eigenvalue weighted by Crippen LogP contribution is -1.70. The fraction of sp³-hybridized carbons (Fsp3) is 0.125. The predicted molar refractivity (Wildman–Crippen MR) is 44.1 cm³/mol. The van der Waals surface area contributed by atoms with Crippen molar-refractivity contribution in [2.45, 2.75) is 11.8 Å². The minimum atomic E-state index is 1.06. The Balaban J connectivity index is 2.60. The van der Waals surface area contributed by atoms with Gasteiger partial charge in [0.25, 0.3) is 5.55 Å². The van der Waals surface area contributed by atoms with Crippen LogP contribution in [0.3, 0.4) is 0 Å². The second kappa shape index (κ2) is 2.08. The van der Waals surface area contributed by atoms with Gasteiger partial charge in [0.05, 0.1) is 6.07 Å². The van der Waals surface area contributed by atoms with Crippen LogP contribution in [0.4, 0.5) is 5.69 Å². The Hall–Kier alpha value is -0.850. The number of benzene rings is 1. The van der Waals surface area contributed by atoms with Crippen molar-refractivity contribution < 1.29 is 0 Å². The van der Waals surface area contributed by atoms with Gasteiger partial charge in [0, 0.05) is 4.99 Å². The van der Waals surface area contributed by atoms with Crippen molar-refractivity contribution in [2.24, 2.45) is 4.99 Å². The summed E-state index contributed by atoms with van der Waals surface area (Å²) in [5.74, 6) is 0. The molecule has 1 aromatic carbocycles. The van der Waals surface area contributed by atoms with E-state index in [1.54, 1.807) is 11.8 Å². The lowest BCUT2D eigenvalue weighted by Gasteiger charge is -1.86. The van der Waals surface area contributed by atoms with Gasteiger partial charge in [0.2, 0.25) is 5.69 Å². The fourth-order valence-corrected chi connectivity index (χ4v) is 1.51. The highest BCUT2D eigenvalue weighted by Crippen LogP contribution is 2.34. The maximum atomic E-state index is 4.07. The van der Waals surface area contributed by atoms with Crippen molar-refractivity contribution in [3.05, 3.63) is 23.8 Å². The molecule has 48 valence electrons. The molecule has 0 N–H and O–H groups in total. The zero-order chi connectivity index (χ0) is 6.97. The van der Waals surface area contributed by atoms with Crippen molar-refractivity contribution in [3.63, 3.8) is 0 Å². The average Bonchev–Trinajstić information content (AvgIpc) is 2.33.